The summed E-state index contributed by atoms with van der Waals surface area (Å²) in [6, 6.07) is 16.0. The number of nitrogens with zero attached hydrogens (tertiary/aromatic N) is 2. The minimum atomic E-state index is -4.44. The van der Waals surface area contributed by atoms with E-state index >= 15 is 0 Å². The molecule has 0 atom stereocenters. The van der Waals surface area contributed by atoms with Crippen molar-refractivity contribution < 1.29 is 27.2 Å². The van der Waals surface area contributed by atoms with Crippen LogP contribution < -0.4 is 5.32 Å². The van der Waals surface area contributed by atoms with Crippen molar-refractivity contribution >= 4 is 45.1 Å². The van der Waals surface area contributed by atoms with E-state index in [2.05, 4.69) is 10.3 Å². The van der Waals surface area contributed by atoms with E-state index in [1.165, 1.54) is 35.6 Å². The number of Topliss-reactive ketones (excluding diaryl/α,β-unsaturated/α-hetero) is 1. The Balaban J connectivity index is 1.16. The second kappa shape index (κ2) is 11.0. The maximum absolute atomic E-state index is 14.8. The monoisotopic (exact) mass is 553 g/mol. The first-order valence-corrected chi connectivity index (χ1v) is 13.1. The van der Waals surface area contributed by atoms with Gasteiger partial charge in [0.1, 0.15) is 10.8 Å². The number of carbonyl (C=O) groups is 2. The van der Waals surface area contributed by atoms with Crippen LogP contribution in [0, 0.1) is 5.82 Å². The molecule has 1 fully saturated rings. The van der Waals surface area contributed by atoms with E-state index < -0.39 is 23.6 Å². The number of hydrogen-bond donors (Lipinski definition) is 1. The van der Waals surface area contributed by atoms with Gasteiger partial charge in [-0.3, -0.25) is 4.79 Å². The fraction of sp³-hybridized carbons (Fsp3) is 0.207. The Bertz CT molecular complexity index is 1520. The van der Waals surface area contributed by atoms with Crippen molar-refractivity contribution in [2.24, 2.45) is 0 Å². The number of piperidine rings is 1. The summed E-state index contributed by atoms with van der Waals surface area (Å²) in [5, 5.41) is 3.26. The Morgan fingerprint density at radius 2 is 1.72 bits per heavy atom. The van der Waals surface area contributed by atoms with Crippen molar-refractivity contribution in [1.82, 2.24) is 9.88 Å². The van der Waals surface area contributed by atoms with Crippen molar-refractivity contribution in [3.8, 4) is 0 Å². The number of alkyl halides is 3. The SMILES string of the molecule is O=C(Cc1nc2ccccc2s1)c1ccc(C=C2CCN(C(=O)Nc3ccc(C(F)(F)F)cc3)CC2)cc1F. The molecular weight excluding hydrogens is 530 g/mol. The van der Waals surface area contributed by atoms with Crippen molar-refractivity contribution in [2.45, 2.75) is 25.4 Å². The predicted octanol–water partition coefficient (Wildman–Crippen LogP) is 7.59. The van der Waals surface area contributed by atoms with E-state index in [1.54, 1.807) is 11.0 Å². The molecule has 5 nitrogen and oxygen atoms in total. The smallest absolute Gasteiger partial charge is 0.324 e. The Kier molecular flexibility index (Phi) is 7.47. The number of ketones is 1. The van der Waals surface area contributed by atoms with Gasteiger partial charge in [0, 0.05) is 18.8 Å². The number of nitrogens with one attached hydrogen (secondary N) is 1. The van der Waals surface area contributed by atoms with Crippen LogP contribution in [-0.2, 0) is 12.6 Å². The number of fused-ring (bicyclic) bond motifs is 1. The molecule has 4 aromatic rings. The number of para-hydroxylation sites is 1. The summed E-state index contributed by atoms with van der Waals surface area (Å²) < 4.78 is 54.0. The predicted molar refractivity (Wildman–Crippen MR) is 143 cm³/mol. The fourth-order valence-corrected chi connectivity index (χ4v) is 5.36. The van der Waals surface area contributed by atoms with Gasteiger partial charge in [-0.05, 0) is 66.9 Å². The quantitative estimate of drug-likeness (QED) is 0.205. The van der Waals surface area contributed by atoms with Gasteiger partial charge in [-0.1, -0.05) is 29.8 Å². The van der Waals surface area contributed by atoms with Crippen molar-refractivity contribution in [3.63, 3.8) is 0 Å². The van der Waals surface area contributed by atoms with Crippen molar-refractivity contribution in [2.75, 3.05) is 18.4 Å². The first-order chi connectivity index (χ1) is 18.7. The minimum Gasteiger partial charge on any atom is -0.324 e. The highest BCUT2D eigenvalue weighted by Gasteiger charge is 2.30. The summed E-state index contributed by atoms with van der Waals surface area (Å²) in [5.74, 6) is -0.929. The molecule has 2 amide bonds. The molecule has 0 radical (unpaired) electrons. The number of urea groups is 1. The van der Waals surface area contributed by atoms with Crippen LogP contribution >= 0.6 is 11.3 Å². The normalized spacial score (nSPS) is 13.9. The maximum atomic E-state index is 14.8. The van der Waals surface area contributed by atoms with Crippen LogP contribution in [0.2, 0.25) is 0 Å². The second-order valence-electron chi connectivity index (χ2n) is 9.21. The van der Waals surface area contributed by atoms with E-state index in [4.69, 9.17) is 0 Å². The summed E-state index contributed by atoms with van der Waals surface area (Å²) in [7, 11) is 0. The van der Waals surface area contributed by atoms with Crippen LogP contribution in [0.3, 0.4) is 0 Å². The third-order valence-corrected chi connectivity index (χ3v) is 7.51. The first-order valence-electron chi connectivity index (χ1n) is 12.3. The molecule has 1 aromatic heterocycles. The number of amides is 2. The lowest BCUT2D eigenvalue weighted by Crippen LogP contribution is -2.39. The molecule has 0 aliphatic carbocycles. The van der Waals surface area contributed by atoms with Crippen LogP contribution in [0.5, 0.6) is 0 Å². The number of carbonyl (C=O) groups excluding carboxylic acids is 2. The van der Waals surface area contributed by atoms with Crippen LogP contribution in [0.1, 0.15) is 39.3 Å². The van der Waals surface area contributed by atoms with Crippen LogP contribution in [0.15, 0.2) is 72.3 Å². The van der Waals surface area contributed by atoms with Crippen LogP contribution in [-0.4, -0.2) is 34.8 Å². The van der Waals surface area contributed by atoms with Gasteiger partial charge in [-0.15, -0.1) is 11.3 Å². The molecule has 0 saturated carbocycles. The van der Waals surface area contributed by atoms with Gasteiger partial charge in [-0.2, -0.15) is 13.2 Å². The first kappa shape index (κ1) is 26.6. The van der Waals surface area contributed by atoms with Crippen molar-refractivity contribution in [3.05, 3.63) is 99.8 Å². The zero-order valence-electron chi connectivity index (χ0n) is 20.6. The van der Waals surface area contributed by atoms with Gasteiger partial charge in [0.05, 0.1) is 27.8 Å². The highest BCUT2D eigenvalue weighted by atomic mass is 32.1. The molecular formula is C29H23F4N3O2S. The summed E-state index contributed by atoms with van der Waals surface area (Å²) in [4.78, 5) is 31.3. The Morgan fingerprint density at radius 1 is 1.00 bits per heavy atom. The lowest BCUT2D eigenvalue weighted by Gasteiger charge is -2.28. The number of anilines is 1. The molecule has 5 rings (SSSR count). The topological polar surface area (TPSA) is 62.3 Å². The molecule has 2 heterocycles. The molecule has 200 valence electrons. The van der Waals surface area contributed by atoms with E-state index in [9.17, 15) is 27.2 Å². The lowest BCUT2D eigenvalue weighted by molar-refractivity contribution is -0.137. The number of rotatable bonds is 5. The zero-order valence-corrected chi connectivity index (χ0v) is 21.4. The van der Waals surface area contributed by atoms with Crippen molar-refractivity contribution in [1.29, 1.82) is 0 Å². The van der Waals surface area contributed by atoms with Crippen LogP contribution in [0.4, 0.5) is 28.0 Å². The third-order valence-electron chi connectivity index (χ3n) is 6.47. The number of hydrogen-bond acceptors (Lipinski definition) is 4. The van der Waals surface area contributed by atoms with E-state index in [1.807, 2.05) is 30.3 Å². The van der Waals surface area contributed by atoms with Gasteiger partial charge in [0.2, 0.25) is 0 Å². The second-order valence-corrected chi connectivity index (χ2v) is 10.3. The average Bonchev–Trinajstić information content (AvgIpc) is 3.31. The number of thiazole rings is 1. The number of likely N-dealkylation sites (tertiary alicyclic amines) is 1. The summed E-state index contributed by atoms with van der Waals surface area (Å²) >= 11 is 1.42. The Labute approximate surface area is 225 Å². The standard InChI is InChI=1S/C29H23F4N3O2S/c30-23-16-19(5-10-22(23)25(37)17-27-35-24-3-1-2-4-26(24)39-27)15-18-11-13-36(14-12-18)28(38)34-21-8-6-20(7-9-21)29(31,32)33/h1-10,15-16H,11-14,17H2,(H,34,38). The molecule has 1 N–H and O–H groups in total. The van der Waals surface area contributed by atoms with Gasteiger partial charge < -0.3 is 10.2 Å². The molecule has 10 heteroatoms. The Hall–Kier alpha value is -4.05. The molecule has 0 spiro atoms. The molecule has 1 saturated heterocycles. The molecule has 1 aliphatic heterocycles. The molecule has 0 bridgehead atoms. The average molecular weight is 554 g/mol. The number of halogens is 4. The number of benzene rings is 3. The van der Waals surface area contributed by atoms with E-state index in [0.29, 0.717) is 36.5 Å². The number of aromatic nitrogens is 1. The van der Waals surface area contributed by atoms with Gasteiger partial charge in [0.25, 0.3) is 0 Å². The van der Waals surface area contributed by atoms with E-state index in [0.717, 1.165) is 27.9 Å². The summed E-state index contributed by atoms with van der Waals surface area (Å²) in [5.41, 5.74) is 1.99. The maximum Gasteiger partial charge on any atom is 0.416 e. The highest BCUT2D eigenvalue weighted by molar-refractivity contribution is 7.18. The summed E-state index contributed by atoms with van der Waals surface area (Å²) in [6.45, 7) is 0.832. The van der Waals surface area contributed by atoms with Gasteiger partial charge in [-0.25, -0.2) is 14.2 Å². The highest BCUT2D eigenvalue weighted by Crippen LogP contribution is 2.30. The summed E-state index contributed by atoms with van der Waals surface area (Å²) in [6.07, 6.45) is -1.41. The fourth-order valence-electron chi connectivity index (χ4n) is 4.40. The van der Waals surface area contributed by atoms with Crippen LogP contribution in [0.25, 0.3) is 16.3 Å². The molecule has 1 aliphatic rings. The molecule has 3 aromatic carbocycles. The lowest BCUT2D eigenvalue weighted by atomic mass is 9.99. The largest absolute Gasteiger partial charge is 0.416 e. The van der Waals surface area contributed by atoms with E-state index in [-0.39, 0.29) is 23.5 Å². The van der Waals surface area contributed by atoms with Gasteiger partial charge >= 0.3 is 12.2 Å². The molecule has 39 heavy (non-hydrogen) atoms. The minimum absolute atomic E-state index is 0.0196. The molecule has 0 unspecified atom stereocenters. The zero-order chi connectivity index (χ0) is 27.6. The van der Waals surface area contributed by atoms with Gasteiger partial charge in [0.15, 0.2) is 5.78 Å². The Morgan fingerprint density at radius 3 is 2.38 bits per heavy atom. The third kappa shape index (κ3) is 6.34.